The third kappa shape index (κ3) is 3.12. The van der Waals surface area contributed by atoms with Crippen LogP contribution in [-0.2, 0) is 6.42 Å². The summed E-state index contributed by atoms with van der Waals surface area (Å²) in [4.78, 5) is 0. The van der Waals surface area contributed by atoms with Gasteiger partial charge < -0.3 is 5.73 Å². The molecule has 1 aromatic rings. The van der Waals surface area contributed by atoms with Crippen molar-refractivity contribution >= 4 is 5.70 Å². The lowest BCUT2D eigenvalue weighted by molar-refractivity contribution is 0.661. The summed E-state index contributed by atoms with van der Waals surface area (Å²) in [6.45, 7) is 12.8. The smallest absolute Gasteiger partial charge is 0.0317 e. The van der Waals surface area contributed by atoms with Gasteiger partial charge in [-0.25, -0.2) is 0 Å². The molecule has 0 aliphatic carbocycles. The van der Waals surface area contributed by atoms with Gasteiger partial charge >= 0.3 is 0 Å². The van der Waals surface area contributed by atoms with Crippen LogP contribution in [0.4, 0.5) is 0 Å². The molecule has 17 heavy (non-hydrogen) atoms. The fourth-order valence-electron chi connectivity index (χ4n) is 2.50. The zero-order valence-corrected chi connectivity index (χ0v) is 11.6. The van der Waals surface area contributed by atoms with Gasteiger partial charge in [-0.15, -0.1) is 0 Å². The Morgan fingerprint density at radius 3 is 2.47 bits per heavy atom. The van der Waals surface area contributed by atoms with E-state index in [1.54, 1.807) is 0 Å². The summed E-state index contributed by atoms with van der Waals surface area (Å²) in [5.41, 5.74) is 11.8. The lowest BCUT2D eigenvalue weighted by Crippen LogP contribution is -2.04. The molecule has 0 radical (unpaired) electrons. The fourth-order valence-corrected chi connectivity index (χ4v) is 2.50. The number of nitrogens with two attached hydrogens (primary N) is 1. The summed E-state index contributed by atoms with van der Waals surface area (Å²) in [5, 5.41) is 0. The van der Waals surface area contributed by atoms with Gasteiger partial charge in [0, 0.05) is 11.3 Å². The monoisotopic (exact) mass is 231 g/mol. The minimum atomic E-state index is 0.601. The van der Waals surface area contributed by atoms with Gasteiger partial charge in [0.25, 0.3) is 0 Å². The van der Waals surface area contributed by atoms with Gasteiger partial charge in [-0.1, -0.05) is 39.8 Å². The van der Waals surface area contributed by atoms with Crippen LogP contribution in [-0.4, -0.2) is 0 Å². The van der Waals surface area contributed by atoms with Gasteiger partial charge in [0.05, 0.1) is 0 Å². The van der Waals surface area contributed by atoms with E-state index in [4.69, 9.17) is 5.73 Å². The van der Waals surface area contributed by atoms with Crippen molar-refractivity contribution in [3.8, 4) is 0 Å². The maximum Gasteiger partial charge on any atom is 0.0317 e. The summed E-state index contributed by atoms with van der Waals surface area (Å²) in [5.74, 6) is 0.601. The molecule has 0 amide bonds. The van der Waals surface area contributed by atoms with Crippen LogP contribution in [0, 0.1) is 6.92 Å². The predicted octanol–water partition coefficient (Wildman–Crippen LogP) is 4.39. The molecule has 1 unspecified atom stereocenters. The van der Waals surface area contributed by atoms with E-state index in [1.807, 2.05) is 0 Å². The molecule has 0 saturated heterocycles. The minimum absolute atomic E-state index is 0.601. The Morgan fingerprint density at radius 2 is 2.00 bits per heavy atom. The average molecular weight is 231 g/mol. The third-order valence-corrected chi connectivity index (χ3v) is 3.47. The van der Waals surface area contributed by atoms with Crippen LogP contribution in [0.15, 0.2) is 18.7 Å². The molecule has 0 heterocycles. The molecule has 1 rings (SSSR count). The summed E-state index contributed by atoms with van der Waals surface area (Å²) < 4.78 is 0. The first-order chi connectivity index (χ1) is 8.01. The average Bonchev–Trinajstić information content (AvgIpc) is 2.28. The summed E-state index contributed by atoms with van der Waals surface area (Å²) in [7, 11) is 0. The van der Waals surface area contributed by atoms with Crippen LogP contribution in [0.25, 0.3) is 5.70 Å². The van der Waals surface area contributed by atoms with Crippen molar-refractivity contribution in [1.29, 1.82) is 0 Å². The number of hydrogen-bond acceptors (Lipinski definition) is 1. The van der Waals surface area contributed by atoms with Crippen molar-refractivity contribution in [1.82, 2.24) is 0 Å². The van der Waals surface area contributed by atoms with Crippen LogP contribution >= 0.6 is 0 Å². The van der Waals surface area contributed by atoms with Gasteiger partial charge in [-0.3, -0.25) is 0 Å². The van der Waals surface area contributed by atoms with E-state index in [-0.39, 0.29) is 0 Å². The van der Waals surface area contributed by atoms with Crippen molar-refractivity contribution < 1.29 is 0 Å². The van der Waals surface area contributed by atoms with Crippen molar-refractivity contribution in [3.63, 3.8) is 0 Å². The molecule has 1 atom stereocenters. The lowest BCUT2D eigenvalue weighted by Gasteiger charge is -2.18. The Hall–Kier alpha value is -1.24. The first kappa shape index (κ1) is 13.8. The number of benzene rings is 1. The first-order valence-corrected chi connectivity index (χ1v) is 6.59. The van der Waals surface area contributed by atoms with Crippen LogP contribution in [0.2, 0.25) is 0 Å². The highest BCUT2D eigenvalue weighted by molar-refractivity contribution is 5.65. The highest BCUT2D eigenvalue weighted by atomic mass is 14.6. The number of aryl methyl sites for hydroxylation is 2. The van der Waals surface area contributed by atoms with Crippen LogP contribution in [0.5, 0.6) is 0 Å². The standard InChI is InChI=1S/C16H25N/c1-6-8-11(3)15-10-16(13(5)17)14(7-2)9-12(15)4/h9-11H,5-8,17H2,1-4H3. The highest BCUT2D eigenvalue weighted by Gasteiger charge is 2.12. The second-order valence-corrected chi connectivity index (χ2v) is 4.93. The van der Waals surface area contributed by atoms with E-state index < -0.39 is 0 Å². The van der Waals surface area contributed by atoms with E-state index in [2.05, 4.69) is 46.4 Å². The molecule has 2 N–H and O–H groups in total. The first-order valence-electron chi connectivity index (χ1n) is 6.59. The molecule has 0 fully saturated rings. The number of hydrogen-bond donors (Lipinski definition) is 1. The lowest BCUT2D eigenvalue weighted by atomic mass is 9.88. The topological polar surface area (TPSA) is 26.0 Å². The second-order valence-electron chi connectivity index (χ2n) is 4.93. The molecule has 0 spiro atoms. The fraction of sp³-hybridized carbons (Fsp3) is 0.500. The third-order valence-electron chi connectivity index (χ3n) is 3.47. The molecule has 1 heteroatoms. The Balaban J connectivity index is 3.24. The molecule has 0 aliphatic heterocycles. The maximum atomic E-state index is 5.89. The Bertz CT molecular complexity index is 404. The Kier molecular flexibility index (Phi) is 4.80. The predicted molar refractivity (Wildman–Crippen MR) is 77.1 cm³/mol. The zero-order chi connectivity index (χ0) is 13.0. The summed E-state index contributed by atoms with van der Waals surface area (Å²) in [6.07, 6.45) is 3.45. The van der Waals surface area contributed by atoms with Gasteiger partial charge in [0.2, 0.25) is 0 Å². The molecule has 0 saturated carbocycles. The van der Waals surface area contributed by atoms with Crippen LogP contribution in [0.3, 0.4) is 0 Å². The quantitative estimate of drug-likeness (QED) is 0.799. The maximum absolute atomic E-state index is 5.89. The molecule has 94 valence electrons. The van der Waals surface area contributed by atoms with Gasteiger partial charge in [0.15, 0.2) is 0 Å². The van der Waals surface area contributed by atoms with Crippen molar-refractivity contribution in [2.75, 3.05) is 0 Å². The van der Waals surface area contributed by atoms with Crippen molar-refractivity contribution in [2.45, 2.75) is 52.9 Å². The second kappa shape index (κ2) is 5.90. The van der Waals surface area contributed by atoms with E-state index in [0.29, 0.717) is 11.6 Å². The summed E-state index contributed by atoms with van der Waals surface area (Å²) in [6, 6.07) is 4.52. The zero-order valence-electron chi connectivity index (χ0n) is 11.6. The van der Waals surface area contributed by atoms with E-state index in [1.165, 1.54) is 29.5 Å². The normalized spacial score (nSPS) is 12.5. The largest absolute Gasteiger partial charge is 0.399 e. The highest BCUT2D eigenvalue weighted by Crippen LogP contribution is 2.28. The van der Waals surface area contributed by atoms with Gasteiger partial charge in [-0.05, 0) is 48.4 Å². The molecular weight excluding hydrogens is 206 g/mol. The van der Waals surface area contributed by atoms with Crippen molar-refractivity contribution in [2.24, 2.45) is 5.73 Å². The summed E-state index contributed by atoms with van der Waals surface area (Å²) >= 11 is 0. The van der Waals surface area contributed by atoms with E-state index in [0.717, 1.165) is 12.0 Å². The van der Waals surface area contributed by atoms with Gasteiger partial charge in [-0.2, -0.15) is 0 Å². The molecule has 0 aromatic heterocycles. The van der Waals surface area contributed by atoms with Gasteiger partial charge in [0.1, 0.15) is 0 Å². The van der Waals surface area contributed by atoms with Crippen LogP contribution < -0.4 is 5.73 Å². The van der Waals surface area contributed by atoms with E-state index in [9.17, 15) is 0 Å². The Morgan fingerprint density at radius 1 is 1.35 bits per heavy atom. The molecule has 0 bridgehead atoms. The van der Waals surface area contributed by atoms with Crippen LogP contribution in [0.1, 0.15) is 61.8 Å². The Labute approximate surface area is 106 Å². The molecule has 1 nitrogen and oxygen atoms in total. The number of rotatable bonds is 5. The minimum Gasteiger partial charge on any atom is -0.399 e. The van der Waals surface area contributed by atoms with Crippen molar-refractivity contribution in [3.05, 3.63) is 41.0 Å². The molecule has 1 aromatic carbocycles. The molecular formula is C16H25N. The SMILES string of the molecule is C=C(N)c1cc(C(C)CCC)c(C)cc1CC. The molecule has 0 aliphatic rings. The van der Waals surface area contributed by atoms with E-state index >= 15 is 0 Å².